The first-order chi connectivity index (χ1) is 13.1. The van der Waals surface area contributed by atoms with Gasteiger partial charge < -0.3 is 10.2 Å². The molecule has 4 rings (SSSR count). The second kappa shape index (κ2) is 8.36. The zero-order chi connectivity index (χ0) is 19.0. The van der Waals surface area contributed by atoms with Crippen LogP contribution in [0, 0.1) is 0 Å². The molecule has 0 saturated heterocycles. The Hall–Kier alpha value is -0.680. The quantitative estimate of drug-likeness (QED) is 0.324. The molecule has 0 fully saturated rings. The summed E-state index contributed by atoms with van der Waals surface area (Å²) >= 11 is 11.7. The van der Waals surface area contributed by atoms with Crippen LogP contribution in [0.4, 0.5) is 0 Å². The van der Waals surface area contributed by atoms with E-state index in [9.17, 15) is 10.2 Å². The van der Waals surface area contributed by atoms with Gasteiger partial charge in [-0.3, -0.25) is 0 Å². The molecule has 0 aliphatic carbocycles. The molecule has 0 spiro atoms. The molecule has 4 nitrogen and oxygen atoms in total. The predicted molar refractivity (Wildman–Crippen MR) is 121 cm³/mol. The van der Waals surface area contributed by atoms with Gasteiger partial charge in [-0.2, -0.15) is 8.75 Å². The van der Waals surface area contributed by atoms with Gasteiger partial charge in [-0.25, -0.2) is 0 Å². The fourth-order valence-electron chi connectivity index (χ4n) is 2.92. The number of rotatable bonds is 6. The summed E-state index contributed by atoms with van der Waals surface area (Å²) in [5, 5.41) is 18.5. The lowest BCUT2D eigenvalue weighted by molar-refractivity contribution is 0.299. The fourth-order valence-corrected chi connectivity index (χ4v) is 7.09. The van der Waals surface area contributed by atoms with E-state index in [1.165, 1.54) is 11.7 Å². The molecule has 3 heterocycles. The molecule has 2 N–H and O–H groups in total. The van der Waals surface area contributed by atoms with Crippen LogP contribution in [-0.2, 0) is 12.8 Å². The van der Waals surface area contributed by atoms with Crippen molar-refractivity contribution in [1.82, 2.24) is 8.75 Å². The molecule has 1 aromatic carbocycles. The van der Waals surface area contributed by atoms with Gasteiger partial charge in [0.15, 0.2) is 0 Å². The average molecular weight is 546 g/mol. The second-order valence-electron chi connectivity index (χ2n) is 5.89. The first-order valence-corrected chi connectivity index (χ1v) is 12.1. The van der Waals surface area contributed by atoms with Gasteiger partial charge >= 0.3 is 0 Å². The number of aliphatic hydroxyl groups excluding tert-OH is 2. The topological polar surface area (TPSA) is 66.2 Å². The van der Waals surface area contributed by atoms with E-state index >= 15 is 0 Å². The van der Waals surface area contributed by atoms with Gasteiger partial charge in [-0.05, 0) is 68.0 Å². The highest BCUT2D eigenvalue weighted by Crippen LogP contribution is 2.43. The second-order valence-corrected chi connectivity index (χ2v) is 11.2. The lowest BCUT2D eigenvalue weighted by Crippen LogP contribution is -1.88. The first-order valence-electron chi connectivity index (χ1n) is 8.16. The lowest BCUT2D eigenvalue weighted by atomic mass is 10.0. The third kappa shape index (κ3) is 3.78. The number of aromatic nitrogens is 2. The van der Waals surface area contributed by atoms with Crippen LogP contribution in [0.5, 0.6) is 0 Å². The molecule has 0 bridgehead atoms. The van der Waals surface area contributed by atoms with Gasteiger partial charge in [0, 0.05) is 34.1 Å². The zero-order valence-electron chi connectivity index (χ0n) is 13.9. The number of fused-ring (bicyclic) bond motifs is 1. The third-order valence-corrected chi connectivity index (χ3v) is 8.74. The molecule has 0 unspecified atom stereocenters. The van der Waals surface area contributed by atoms with Crippen molar-refractivity contribution in [1.29, 1.82) is 0 Å². The van der Waals surface area contributed by atoms with Crippen LogP contribution >= 0.6 is 66.3 Å². The van der Waals surface area contributed by atoms with Gasteiger partial charge in [0.05, 0.1) is 19.3 Å². The minimum absolute atomic E-state index is 0.130. The van der Waals surface area contributed by atoms with Crippen LogP contribution < -0.4 is 0 Å². The molecule has 4 aromatic rings. The minimum atomic E-state index is 0.130. The largest absolute Gasteiger partial charge is 0.396 e. The third-order valence-electron chi connectivity index (χ3n) is 4.22. The molecule has 0 atom stereocenters. The molecule has 3 aromatic heterocycles. The van der Waals surface area contributed by atoms with Gasteiger partial charge in [0.2, 0.25) is 0 Å². The number of halogens is 2. The van der Waals surface area contributed by atoms with Crippen LogP contribution in [0.25, 0.3) is 31.9 Å². The smallest absolute Gasteiger partial charge is 0.114 e. The summed E-state index contributed by atoms with van der Waals surface area (Å²) in [6, 6.07) is 8.42. The molecule has 9 heteroatoms. The first kappa shape index (κ1) is 19.6. The summed E-state index contributed by atoms with van der Waals surface area (Å²) in [4.78, 5) is 2.23. The van der Waals surface area contributed by atoms with Crippen molar-refractivity contribution in [3.63, 3.8) is 0 Å². The van der Waals surface area contributed by atoms with E-state index in [1.54, 1.807) is 22.7 Å². The highest BCUT2D eigenvalue weighted by molar-refractivity contribution is 9.11. The summed E-state index contributed by atoms with van der Waals surface area (Å²) in [7, 11) is 0. The Morgan fingerprint density at radius 3 is 1.63 bits per heavy atom. The highest BCUT2D eigenvalue weighted by atomic mass is 79.9. The average Bonchev–Trinajstić information content (AvgIpc) is 3.35. The van der Waals surface area contributed by atoms with Crippen LogP contribution in [0.3, 0.4) is 0 Å². The molecular formula is C18H14Br2N2O2S3. The Labute approximate surface area is 185 Å². The van der Waals surface area contributed by atoms with Gasteiger partial charge in [0.1, 0.15) is 11.0 Å². The van der Waals surface area contributed by atoms with E-state index in [-0.39, 0.29) is 13.2 Å². The van der Waals surface area contributed by atoms with E-state index in [1.807, 2.05) is 0 Å². The number of benzene rings is 1. The van der Waals surface area contributed by atoms with Crippen molar-refractivity contribution >= 4 is 77.3 Å². The Bertz CT molecular complexity index is 1020. The van der Waals surface area contributed by atoms with Crippen molar-refractivity contribution in [3.05, 3.63) is 43.0 Å². The standard InChI is InChI=1S/C18H14Br2N2O2S3/c19-17-9(3-5-23)7-13(25-17)11-1-2-12(16-15(11)21-27-22-16)14-8-10(4-6-24)18(20)26-14/h1-2,7-8,23-24H,3-6H2. The maximum absolute atomic E-state index is 9.23. The Morgan fingerprint density at radius 2 is 1.22 bits per heavy atom. The lowest BCUT2D eigenvalue weighted by Gasteiger charge is -2.03. The van der Waals surface area contributed by atoms with Crippen molar-refractivity contribution in [2.45, 2.75) is 12.8 Å². The van der Waals surface area contributed by atoms with Crippen molar-refractivity contribution in [2.24, 2.45) is 0 Å². The highest BCUT2D eigenvalue weighted by Gasteiger charge is 2.18. The van der Waals surface area contributed by atoms with Crippen LogP contribution in [-0.4, -0.2) is 32.2 Å². The number of hydrogen-bond donors (Lipinski definition) is 2. The number of thiophene rings is 2. The molecule has 140 valence electrons. The monoisotopic (exact) mass is 544 g/mol. The Kier molecular flexibility index (Phi) is 6.08. The summed E-state index contributed by atoms with van der Waals surface area (Å²) < 4.78 is 11.2. The van der Waals surface area contributed by atoms with Crippen molar-refractivity contribution in [3.8, 4) is 20.9 Å². The Balaban J connectivity index is 1.81. The normalized spacial score (nSPS) is 11.6. The van der Waals surface area contributed by atoms with E-state index in [2.05, 4.69) is 64.9 Å². The van der Waals surface area contributed by atoms with Crippen LogP contribution in [0.2, 0.25) is 0 Å². The van der Waals surface area contributed by atoms with E-state index in [0.29, 0.717) is 12.8 Å². The zero-order valence-corrected chi connectivity index (χ0v) is 19.5. The fraction of sp³-hybridized carbons (Fsp3) is 0.222. The summed E-state index contributed by atoms with van der Waals surface area (Å²) in [5.74, 6) is 0. The molecule has 0 saturated carbocycles. The summed E-state index contributed by atoms with van der Waals surface area (Å²) in [6.07, 6.45) is 1.26. The minimum Gasteiger partial charge on any atom is -0.396 e. The molecule has 0 aliphatic heterocycles. The number of nitrogens with zero attached hydrogens (tertiary/aromatic N) is 2. The van der Waals surface area contributed by atoms with Crippen molar-refractivity contribution in [2.75, 3.05) is 13.2 Å². The van der Waals surface area contributed by atoms with Crippen LogP contribution in [0.15, 0.2) is 31.8 Å². The SMILES string of the molecule is OCCc1cc(-c2ccc(-c3cc(CCO)c(Br)s3)c3nsnc23)sc1Br. The summed E-state index contributed by atoms with van der Waals surface area (Å²) in [6.45, 7) is 0.260. The van der Waals surface area contributed by atoms with Crippen LogP contribution in [0.1, 0.15) is 11.1 Å². The predicted octanol–water partition coefficient (Wildman–Crippen LogP) is 5.74. The van der Waals surface area contributed by atoms with E-state index in [0.717, 1.165) is 50.6 Å². The molecule has 0 aliphatic rings. The number of aliphatic hydroxyl groups is 2. The van der Waals surface area contributed by atoms with Gasteiger partial charge in [-0.15, -0.1) is 22.7 Å². The molecule has 27 heavy (non-hydrogen) atoms. The number of hydrogen-bond acceptors (Lipinski definition) is 7. The van der Waals surface area contributed by atoms with E-state index < -0.39 is 0 Å². The van der Waals surface area contributed by atoms with Gasteiger partial charge in [0.25, 0.3) is 0 Å². The van der Waals surface area contributed by atoms with Crippen molar-refractivity contribution < 1.29 is 10.2 Å². The maximum atomic E-state index is 9.23. The summed E-state index contributed by atoms with van der Waals surface area (Å²) in [5.41, 5.74) is 6.12. The maximum Gasteiger partial charge on any atom is 0.114 e. The Morgan fingerprint density at radius 1 is 0.778 bits per heavy atom. The van der Waals surface area contributed by atoms with E-state index in [4.69, 9.17) is 0 Å². The molecular weight excluding hydrogens is 532 g/mol. The van der Waals surface area contributed by atoms with Gasteiger partial charge in [-0.1, -0.05) is 12.1 Å². The molecule has 0 amide bonds. The molecule has 0 radical (unpaired) electrons.